The Bertz CT molecular complexity index is 553. The molecule has 1 atom stereocenters. The molecule has 0 spiro atoms. The zero-order valence-electron chi connectivity index (χ0n) is 17.6. The van der Waals surface area contributed by atoms with Crippen LogP contribution in [0, 0.1) is 5.92 Å². The number of aliphatic hydroxyl groups excluding tert-OH is 1. The second kappa shape index (κ2) is 12.9. The molecule has 0 bridgehead atoms. The molecule has 0 saturated carbocycles. The topological polar surface area (TPSA) is 20.2 Å². The fraction of sp³-hybridized carbons (Fsp3) is 0.600. The lowest BCUT2D eigenvalue weighted by Crippen LogP contribution is -2.05. The predicted molar refractivity (Wildman–Crippen MR) is 116 cm³/mol. The fourth-order valence-corrected chi connectivity index (χ4v) is 3.45. The molecular weight excluding hydrogens is 316 g/mol. The van der Waals surface area contributed by atoms with Crippen molar-refractivity contribution in [3.63, 3.8) is 0 Å². The van der Waals surface area contributed by atoms with E-state index in [0.29, 0.717) is 5.92 Å². The van der Waals surface area contributed by atoms with E-state index < -0.39 is 0 Å². The highest BCUT2D eigenvalue weighted by molar-refractivity contribution is 5.12. The van der Waals surface area contributed by atoms with Gasteiger partial charge in [0.25, 0.3) is 0 Å². The molecule has 146 valence electrons. The first-order valence-electron chi connectivity index (χ1n) is 10.3. The number of rotatable bonds is 5. The van der Waals surface area contributed by atoms with Gasteiger partial charge in [-0.25, -0.2) is 0 Å². The maximum absolute atomic E-state index is 9.70. The predicted octanol–water partition coefficient (Wildman–Crippen LogP) is 7.46. The van der Waals surface area contributed by atoms with Crippen molar-refractivity contribution in [3.8, 4) is 0 Å². The molecule has 0 aromatic heterocycles. The van der Waals surface area contributed by atoms with Crippen LogP contribution in [0.1, 0.15) is 85.5 Å². The van der Waals surface area contributed by atoms with E-state index in [4.69, 9.17) is 0 Å². The normalized spacial score (nSPS) is 20.3. The van der Waals surface area contributed by atoms with Gasteiger partial charge in [-0.1, -0.05) is 53.2 Å². The van der Waals surface area contributed by atoms with Gasteiger partial charge >= 0.3 is 0 Å². The van der Waals surface area contributed by atoms with Crippen LogP contribution in [0.2, 0.25) is 0 Å². The zero-order valence-corrected chi connectivity index (χ0v) is 17.6. The van der Waals surface area contributed by atoms with E-state index in [-0.39, 0.29) is 6.61 Å². The van der Waals surface area contributed by atoms with Gasteiger partial charge in [0.1, 0.15) is 0 Å². The third-order valence-corrected chi connectivity index (χ3v) is 5.37. The largest absolute Gasteiger partial charge is 0.392 e. The molecule has 0 radical (unpaired) electrons. The van der Waals surface area contributed by atoms with Crippen LogP contribution in [0.4, 0.5) is 0 Å². The average Bonchev–Trinajstić information content (AvgIpc) is 2.59. The Morgan fingerprint density at radius 2 is 1.73 bits per heavy atom. The minimum absolute atomic E-state index is 0.183. The minimum atomic E-state index is 0.183. The van der Waals surface area contributed by atoms with Crippen molar-refractivity contribution in [1.82, 2.24) is 0 Å². The lowest BCUT2D eigenvalue weighted by Gasteiger charge is -2.19. The van der Waals surface area contributed by atoms with Gasteiger partial charge < -0.3 is 5.11 Å². The van der Waals surface area contributed by atoms with E-state index in [9.17, 15) is 5.11 Å². The summed E-state index contributed by atoms with van der Waals surface area (Å²) in [4.78, 5) is 0. The lowest BCUT2D eigenvalue weighted by atomic mass is 9.86. The molecular formula is C25H40O. The number of aliphatic hydroxyl groups is 1. The van der Waals surface area contributed by atoms with Crippen LogP contribution >= 0.6 is 0 Å². The number of allylic oxidation sites excluding steroid dienone is 8. The third kappa shape index (κ3) is 9.97. The Labute approximate surface area is 162 Å². The summed E-state index contributed by atoms with van der Waals surface area (Å²) in [5.74, 6) is 0.519. The van der Waals surface area contributed by atoms with E-state index in [1.807, 2.05) is 0 Å². The van der Waals surface area contributed by atoms with Crippen LogP contribution in [-0.2, 0) is 0 Å². The van der Waals surface area contributed by atoms with E-state index >= 15 is 0 Å². The van der Waals surface area contributed by atoms with Crippen LogP contribution < -0.4 is 0 Å². The first-order valence-corrected chi connectivity index (χ1v) is 10.3. The highest BCUT2D eigenvalue weighted by Crippen LogP contribution is 2.28. The summed E-state index contributed by atoms with van der Waals surface area (Å²) in [6.07, 6.45) is 19.1. The van der Waals surface area contributed by atoms with Crippen molar-refractivity contribution in [2.75, 3.05) is 6.61 Å². The van der Waals surface area contributed by atoms with Crippen LogP contribution in [0.25, 0.3) is 0 Å². The summed E-state index contributed by atoms with van der Waals surface area (Å²) in [6.45, 7) is 13.4. The van der Waals surface area contributed by atoms with Crippen molar-refractivity contribution in [2.24, 2.45) is 5.92 Å². The Hall–Kier alpha value is -1.34. The first-order chi connectivity index (χ1) is 12.4. The van der Waals surface area contributed by atoms with E-state index in [0.717, 1.165) is 51.4 Å². The molecule has 26 heavy (non-hydrogen) atoms. The van der Waals surface area contributed by atoms with Gasteiger partial charge in [0.2, 0.25) is 0 Å². The summed E-state index contributed by atoms with van der Waals surface area (Å²) in [6, 6.07) is 0. The molecule has 0 heterocycles. The van der Waals surface area contributed by atoms with Gasteiger partial charge in [0.15, 0.2) is 0 Å². The Morgan fingerprint density at radius 3 is 2.38 bits per heavy atom. The standard InChI is InChI=1S/C25H40O/c1-20(2)9-6-13-23(5)25-17-15-22(4)11-7-10-21(3)12-8-14-24(19-26)16-18-25/h9,11-12,16,25-26H,5-8,10,13-15,17-19H2,1-4H3/t25-/m1/s1. The van der Waals surface area contributed by atoms with Crippen molar-refractivity contribution in [3.05, 3.63) is 58.7 Å². The van der Waals surface area contributed by atoms with Crippen LogP contribution in [0.15, 0.2) is 58.7 Å². The van der Waals surface area contributed by atoms with Gasteiger partial charge in [0, 0.05) is 0 Å². The molecule has 1 N–H and O–H groups in total. The Balaban J connectivity index is 2.85. The van der Waals surface area contributed by atoms with E-state index in [1.54, 1.807) is 0 Å². The molecule has 0 amide bonds. The molecule has 0 unspecified atom stereocenters. The smallest absolute Gasteiger partial charge is 0.0641 e. The molecule has 0 fully saturated rings. The maximum Gasteiger partial charge on any atom is 0.0641 e. The monoisotopic (exact) mass is 356 g/mol. The van der Waals surface area contributed by atoms with Crippen molar-refractivity contribution in [2.45, 2.75) is 85.5 Å². The van der Waals surface area contributed by atoms with Gasteiger partial charge in [0.05, 0.1) is 6.61 Å². The van der Waals surface area contributed by atoms with Gasteiger partial charge in [-0.2, -0.15) is 0 Å². The quantitative estimate of drug-likeness (QED) is 0.507. The summed E-state index contributed by atoms with van der Waals surface area (Å²) in [7, 11) is 0. The van der Waals surface area contributed by atoms with Crippen LogP contribution in [0.5, 0.6) is 0 Å². The Kier molecular flexibility index (Phi) is 11.3. The van der Waals surface area contributed by atoms with Gasteiger partial charge in [-0.05, 0) is 97.0 Å². The number of hydrogen-bond acceptors (Lipinski definition) is 1. The number of hydrogen-bond donors (Lipinski definition) is 1. The van der Waals surface area contributed by atoms with Crippen molar-refractivity contribution in [1.29, 1.82) is 0 Å². The molecule has 1 heteroatoms. The third-order valence-electron chi connectivity index (χ3n) is 5.37. The van der Waals surface area contributed by atoms with Gasteiger partial charge in [-0.15, -0.1) is 0 Å². The highest BCUT2D eigenvalue weighted by Gasteiger charge is 2.12. The summed E-state index contributed by atoms with van der Waals surface area (Å²) >= 11 is 0. The summed E-state index contributed by atoms with van der Waals surface area (Å²) in [5, 5.41) is 9.70. The summed E-state index contributed by atoms with van der Waals surface area (Å²) < 4.78 is 0. The SMILES string of the molecule is C=C(CCC=C(C)C)[C@H]1CC=C(CO)CCC=C(C)CCC=C(C)CC1. The maximum atomic E-state index is 9.70. The molecule has 0 aromatic carbocycles. The molecule has 1 rings (SSSR count). The highest BCUT2D eigenvalue weighted by atomic mass is 16.3. The molecule has 0 aliphatic heterocycles. The first kappa shape index (κ1) is 22.7. The van der Waals surface area contributed by atoms with E-state index in [2.05, 4.69) is 58.6 Å². The molecule has 1 aliphatic carbocycles. The van der Waals surface area contributed by atoms with Crippen molar-refractivity contribution >= 4 is 0 Å². The van der Waals surface area contributed by atoms with Crippen LogP contribution in [-0.4, -0.2) is 11.7 Å². The van der Waals surface area contributed by atoms with Gasteiger partial charge in [-0.3, -0.25) is 0 Å². The lowest BCUT2D eigenvalue weighted by molar-refractivity contribution is 0.325. The second-order valence-corrected chi connectivity index (χ2v) is 8.15. The second-order valence-electron chi connectivity index (χ2n) is 8.15. The average molecular weight is 357 g/mol. The molecule has 0 aromatic rings. The molecule has 0 saturated heterocycles. The summed E-state index contributed by atoms with van der Waals surface area (Å²) in [5.41, 5.74) is 6.90. The molecule has 1 aliphatic rings. The van der Waals surface area contributed by atoms with E-state index in [1.165, 1.54) is 34.3 Å². The van der Waals surface area contributed by atoms with Crippen LogP contribution in [0.3, 0.4) is 0 Å². The van der Waals surface area contributed by atoms with Crippen molar-refractivity contribution < 1.29 is 5.11 Å². The Morgan fingerprint density at radius 1 is 1.08 bits per heavy atom. The molecule has 1 nitrogen and oxygen atoms in total. The fourth-order valence-electron chi connectivity index (χ4n) is 3.45. The zero-order chi connectivity index (χ0) is 19.4. The minimum Gasteiger partial charge on any atom is -0.392 e.